The fraction of sp³-hybridized carbons (Fsp3) is 0.308. The van der Waals surface area contributed by atoms with E-state index in [1.807, 2.05) is 0 Å². The molecule has 0 bridgehead atoms. The van der Waals surface area contributed by atoms with Crippen molar-refractivity contribution in [1.82, 2.24) is 9.66 Å². The molecule has 0 radical (unpaired) electrons. The Kier molecular flexibility index (Phi) is 2.86. The first-order valence-corrected chi connectivity index (χ1v) is 6.28. The topological polar surface area (TPSA) is 69.9 Å². The van der Waals surface area contributed by atoms with Gasteiger partial charge in [0.25, 0.3) is 0 Å². The normalized spacial score (nSPS) is 15.4. The molecule has 0 saturated heterocycles. The SMILES string of the molecule is Nc1c(-c2cc(F)cc(C(F)(F)F)c2)nc(C2CC2)n1N. The van der Waals surface area contributed by atoms with Crippen molar-refractivity contribution < 1.29 is 17.6 Å². The molecule has 21 heavy (non-hydrogen) atoms. The second-order valence-corrected chi connectivity index (χ2v) is 5.07. The first kappa shape index (κ1) is 13.7. The van der Waals surface area contributed by atoms with Crippen molar-refractivity contribution in [2.75, 3.05) is 11.6 Å². The molecule has 1 fully saturated rings. The van der Waals surface area contributed by atoms with E-state index < -0.39 is 17.6 Å². The van der Waals surface area contributed by atoms with Gasteiger partial charge in [-0.25, -0.2) is 14.1 Å². The van der Waals surface area contributed by atoms with E-state index in [1.165, 1.54) is 0 Å². The lowest BCUT2D eigenvalue weighted by Crippen LogP contribution is -2.14. The van der Waals surface area contributed by atoms with Crippen molar-refractivity contribution in [2.45, 2.75) is 24.9 Å². The summed E-state index contributed by atoms with van der Waals surface area (Å²) in [4.78, 5) is 4.18. The van der Waals surface area contributed by atoms with Crippen LogP contribution in [0, 0.1) is 5.82 Å². The van der Waals surface area contributed by atoms with Gasteiger partial charge in [0.15, 0.2) is 5.82 Å². The van der Waals surface area contributed by atoms with Crippen LogP contribution in [0.15, 0.2) is 18.2 Å². The number of imidazole rings is 1. The first-order valence-electron chi connectivity index (χ1n) is 6.28. The molecule has 112 valence electrons. The molecule has 0 spiro atoms. The quantitative estimate of drug-likeness (QED) is 0.662. The number of rotatable bonds is 2. The van der Waals surface area contributed by atoms with Gasteiger partial charge in [-0.2, -0.15) is 13.2 Å². The maximum absolute atomic E-state index is 13.4. The van der Waals surface area contributed by atoms with Gasteiger partial charge in [-0.1, -0.05) is 0 Å². The molecule has 1 heterocycles. The molecular weight excluding hydrogens is 288 g/mol. The van der Waals surface area contributed by atoms with Gasteiger partial charge in [0.1, 0.15) is 17.3 Å². The molecule has 1 aliphatic rings. The number of hydrogen-bond donors (Lipinski definition) is 2. The van der Waals surface area contributed by atoms with Crippen LogP contribution in [-0.4, -0.2) is 9.66 Å². The van der Waals surface area contributed by atoms with Crippen molar-refractivity contribution in [3.8, 4) is 11.3 Å². The molecule has 3 rings (SSSR count). The number of alkyl halides is 3. The lowest BCUT2D eigenvalue weighted by Gasteiger charge is -2.08. The average Bonchev–Trinajstić information content (AvgIpc) is 3.17. The summed E-state index contributed by atoms with van der Waals surface area (Å²) in [6.45, 7) is 0. The molecule has 0 unspecified atom stereocenters. The molecular formula is C13H12F4N4. The summed E-state index contributed by atoms with van der Waals surface area (Å²) < 4.78 is 52.8. The summed E-state index contributed by atoms with van der Waals surface area (Å²) in [7, 11) is 0. The highest BCUT2D eigenvalue weighted by molar-refractivity contribution is 5.72. The highest BCUT2D eigenvalue weighted by atomic mass is 19.4. The van der Waals surface area contributed by atoms with Crippen LogP contribution in [0.25, 0.3) is 11.3 Å². The Balaban J connectivity index is 2.12. The highest BCUT2D eigenvalue weighted by Gasteiger charge is 2.33. The minimum absolute atomic E-state index is 0.0237. The van der Waals surface area contributed by atoms with Crippen LogP contribution >= 0.6 is 0 Å². The minimum atomic E-state index is -4.64. The van der Waals surface area contributed by atoms with Crippen molar-refractivity contribution in [1.29, 1.82) is 0 Å². The number of benzene rings is 1. The second-order valence-electron chi connectivity index (χ2n) is 5.07. The molecule has 1 saturated carbocycles. The van der Waals surface area contributed by atoms with E-state index in [4.69, 9.17) is 11.6 Å². The van der Waals surface area contributed by atoms with E-state index in [-0.39, 0.29) is 23.0 Å². The number of hydrogen-bond acceptors (Lipinski definition) is 3. The third kappa shape index (κ3) is 2.41. The zero-order valence-corrected chi connectivity index (χ0v) is 10.8. The van der Waals surface area contributed by atoms with Gasteiger partial charge >= 0.3 is 6.18 Å². The molecule has 0 amide bonds. The van der Waals surface area contributed by atoms with Crippen LogP contribution in [0.1, 0.15) is 30.1 Å². The van der Waals surface area contributed by atoms with E-state index >= 15 is 0 Å². The molecule has 4 nitrogen and oxygen atoms in total. The Morgan fingerprint density at radius 1 is 1.19 bits per heavy atom. The van der Waals surface area contributed by atoms with Gasteiger partial charge in [-0.15, -0.1) is 0 Å². The number of nitrogen functional groups attached to an aromatic ring is 2. The summed E-state index contributed by atoms with van der Waals surface area (Å²) >= 11 is 0. The monoisotopic (exact) mass is 300 g/mol. The molecule has 0 aliphatic heterocycles. The third-order valence-electron chi connectivity index (χ3n) is 3.42. The second kappa shape index (κ2) is 4.37. The smallest absolute Gasteiger partial charge is 0.382 e. The van der Waals surface area contributed by atoms with Crippen LogP contribution in [0.3, 0.4) is 0 Å². The van der Waals surface area contributed by atoms with Gasteiger partial charge in [-0.05, 0) is 31.0 Å². The molecule has 1 aliphatic carbocycles. The highest BCUT2D eigenvalue weighted by Crippen LogP contribution is 2.42. The van der Waals surface area contributed by atoms with E-state index in [0.29, 0.717) is 11.9 Å². The zero-order chi connectivity index (χ0) is 15.4. The minimum Gasteiger partial charge on any atom is -0.382 e. The number of halogens is 4. The summed E-state index contributed by atoms with van der Waals surface area (Å²) in [6.07, 6.45) is -2.83. The molecule has 1 aromatic carbocycles. The summed E-state index contributed by atoms with van der Waals surface area (Å²) in [5.41, 5.74) is 4.73. The van der Waals surface area contributed by atoms with E-state index in [0.717, 1.165) is 29.7 Å². The molecule has 0 atom stereocenters. The van der Waals surface area contributed by atoms with Crippen LogP contribution in [-0.2, 0) is 6.18 Å². The molecule has 2 aromatic rings. The van der Waals surface area contributed by atoms with Crippen LogP contribution in [0.5, 0.6) is 0 Å². The Hall–Kier alpha value is -2.25. The van der Waals surface area contributed by atoms with E-state index in [1.54, 1.807) is 0 Å². The van der Waals surface area contributed by atoms with Gasteiger partial charge < -0.3 is 11.6 Å². The molecule has 4 N–H and O–H groups in total. The van der Waals surface area contributed by atoms with Gasteiger partial charge in [0.2, 0.25) is 0 Å². The number of nitrogens with two attached hydrogens (primary N) is 2. The number of anilines is 1. The van der Waals surface area contributed by atoms with Crippen molar-refractivity contribution in [2.24, 2.45) is 0 Å². The Labute approximate surface area is 117 Å². The van der Waals surface area contributed by atoms with E-state index in [2.05, 4.69) is 4.98 Å². The predicted octanol–water partition coefficient (Wildman–Crippen LogP) is 2.88. The maximum Gasteiger partial charge on any atom is 0.416 e. The number of nitrogens with zero attached hydrogens (tertiary/aromatic N) is 2. The largest absolute Gasteiger partial charge is 0.416 e. The molecule has 1 aromatic heterocycles. The maximum atomic E-state index is 13.4. The summed E-state index contributed by atoms with van der Waals surface area (Å²) in [6, 6.07) is 2.21. The van der Waals surface area contributed by atoms with Gasteiger partial charge in [0.05, 0.1) is 5.56 Å². The fourth-order valence-corrected chi connectivity index (χ4v) is 2.20. The van der Waals surface area contributed by atoms with Crippen molar-refractivity contribution in [3.05, 3.63) is 35.4 Å². The van der Waals surface area contributed by atoms with Crippen LogP contribution in [0.2, 0.25) is 0 Å². The summed E-state index contributed by atoms with van der Waals surface area (Å²) in [5.74, 6) is 5.46. The van der Waals surface area contributed by atoms with E-state index in [9.17, 15) is 17.6 Å². The van der Waals surface area contributed by atoms with Gasteiger partial charge in [-0.3, -0.25) is 0 Å². The van der Waals surface area contributed by atoms with Crippen LogP contribution < -0.4 is 11.6 Å². The first-order chi connectivity index (χ1) is 9.77. The Bertz CT molecular complexity index is 701. The van der Waals surface area contributed by atoms with Crippen LogP contribution in [0.4, 0.5) is 23.4 Å². The summed E-state index contributed by atoms with van der Waals surface area (Å²) in [5, 5.41) is 0. The molecule has 8 heteroatoms. The average molecular weight is 300 g/mol. The Morgan fingerprint density at radius 3 is 2.43 bits per heavy atom. The zero-order valence-electron chi connectivity index (χ0n) is 10.8. The third-order valence-corrected chi connectivity index (χ3v) is 3.42. The fourth-order valence-electron chi connectivity index (χ4n) is 2.20. The van der Waals surface area contributed by atoms with Crippen molar-refractivity contribution >= 4 is 5.82 Å². The van der Waals surface area contributed by atoms with Gasteiger partial charge in [0, 0.05) is 11.5 Å². The Morgan fingerprint density at radius 2 is 1.86 bits per heavy atom. The lowest BCUT2D eigenvalue weighted by molar-refractivity contribution is -0.137. The van der Waals surface area contributed by atoms with Crippen molar-refractivity contribution in [3.63, 3.8) is 0 Å². The standard InChI is InChI=1S/C13H12F4N4/c14-9-4-7(3-8(5-9)13(15,16)17)10-11(18)21(19)12(20-10)6-1-2-6/h3-6H,1-2,18-19H2. The lowest BCUT2D eigenvalue weighted by atomic mass is 10.1. The predicted molar refractivity (Wildman–Crippen MR) is 69.2 cm³/mol. The number of aromatic nitrogens is 2.